The van der Waals surface area contributed by atoms with Gasteiger partial charge in [0.1, 0.15) is 0 Å². The number of nitrogens with one attached hydrogen (secondary N) is 1. The quantitative estimate of drug-likeness (QED) is 0.825. The molecule has 1 aromatic heterocycles. The third kappa shape index (κ3) is 4.94. The lowest BCUT2D eigenvalue weighted by atomic mass is 10.1. The second-order valence-corrected chi connectivity index (χ2v) is 8.80. The van der Waals surface area contributed by atoms with E-state index in [2.05, 4.69) is 24.1 Å². The Bertz CT molecular complexity index is 737. The Morgan fingerprint density at radius 2 is 1.91 bits per heavy atom. The zero-order valence-corrected chi connectivity index (χ0v) is 15.5. The Labute approximate surface area is 142 Å². The van der Waals surface area contributed by atoms with Crippen molar-refractivity contribution in [3.63, 3.8) is 0 Å². The van der Waals surface area contributed by atoms with E-state index in [1.54, 1.807) is 30.5 Å². The molecule has 0 bridgehead atoms. The minimum atomic E-state index is -3.24. The van der Waals surface area contributed by atoms with Gasteiger partial charge in [-0.1, -0.05) is 26.0 Å². The van der Waals surface area contributed by atoms with Crippen molar-refractivity contribution in [1.29, 1.82) is 0 Å². The molecule has 1 N–H and O–H groups in total. The lowest BCUT2D eigenvalue weighted by molar-refractivity contribution is 0.600. The van der Waals surface area contributed by atoms with Crippen LogP contribution < -0.4 is 9.62 Å². The minimum Gasteiger partial charge on any atom is -0.361 e. The van der Waals surface area contributed by atoms with E-state index in [9.17, 15) is 8.42 Å². The number of nitrogens with zero attached hydrogens (tertiary/aromatic N) is 2. The first-order chi connectivity index (χ1) is 10.8. The van der Waals surface area contributed by atoms with Crippen LogP contribution in [0.2, 0.25) is 0 Å². The number of anilines is 2. The average molecular weight is 354 g/mol. The summed E-state index contributed by atoms with van der Waals surface area (Å²) in [5, 5.41) is 6.26. The lowest BCUT2D eigenvalue weighted by Crippen LogP contribution is -2.24. The molecule has 0 atom stereocenters. The molecule has 0 aliphatic rings. The summed E-state index contributed by atoms with van der Waals surface area (Å²) in [6, 6.07) is 7.37. The van der Waals surface area contributed by atoms with Crippen molar-refractivity contribution in [3.8, 4) is 11.3 Å². The molecular weight excluding hydrogens is 330 g/mol. The summed E-state index contributed by atoms with van der Waals surface area (Å²) < 4.78 is 24.4. The summed E-state index contributed by atoms with van der Waals surface area (Å²) in [6.45, 7) is 5.32. The molecule has 126 valence electrons. The molecule has 0 radical (unpaired) electrons. The van der Waals surface area contributed by atoms with Gasteiger partial charge in [-0.2, -0.15) is 0 Å². The van der Waals surface area contributed by atoms with Gasteiger partial charge in [0.2, 0.25) is 10.0 Å². The van der Waals surface area contributed by atoms with Gasteiger partial charge in [0.25, 0.3) is 0 Å². The minimum absolute atomic E-state index is 0.641. The average Bonchev–Trinajstić information content (AvgIpc) is 2.94. The van der Waals surface area contributed by atoms with Gasteiger partial charge in [0.15, 0.2) is 5.13 Å². The first kappa shape index (κ1) is 17.7. The molecule has 2 rings (SSSR count). The maximum Gasteiger partial charge on any atom is 0.231 e. The topological polar surface area (TPSA) is 62.3 Å². The van der Waals surface area contributed by atoms with Gasteiger partial charge in [-0.25, -0.2) is 13.4 Å². The van der Waals surface area contributed by atoms with E-state index in [1.165, 1.54) is 10.6 Å². The molecule has 0 saturated heterocycles. The first-order valence-corrected chi connectivity index (χ1v) is 10.2. The Kier molecular flexibility index (Phi) is 5.64. The van der Waals surface area contributed by atoms with Crippen molar-refractivity contribution in [2.24, 2.45) is 5.92 Å². The molecule has 1 aromatic carbocycles. The second kappa shape index (κ2) is 7.31. The van der Waals surface area contributed by atoms with E-state index in [1.807, 2.05) is 17.5 Å². The van der Waals surface area contributed by atoms with E-state index in [-0.39, 0.29) is 0 Å². The van der Waals surface area contributed by atoms with Crippen LogP contribution in [0, 0.1) is 5.92 Å². The van der Waals surface area contributed by atoms with Crippen LogP contribution in [0.25, 0.3) is 11.3 Å². The second-order valence-electron chi connectivity index (χ2n) is 5.92. The van der Waals surface area contributed by atoms with Gasteiger partial charge in [-0.15, -0.1) is 11.3 Å². The van der Waals surface area contributed by atoms with E-state index in [0.717, 1.165) is 29.4 Å². The fourth-order valence-corrected chi connectivity index (χ4v) is 3.24. The molecule has 2 aromatic rings. The Morgan fingerprint density at radius 3 is 2.48 bits per heavy atom. The molecule has 0 saturated carbocycles. The van der Waals surface area contributed by atoms with E-state index >= 15 is 0 Å². The Balaban J connectivity index is 2.07. The summed E-state index contributed by atoms with van der Waals surface area (Å²) in [5.41, 5.74) is 2.51. The van der Waals surface area contributed by atoms with Crippen molar-refractivity contribution in [2.45, 2.75) is 20.3 Å². The summed E-state index contributed by atoms with van der Waals surface area (Å²) in [7, 11) is -1.69. The molecule has 0 spiro atoms. The Hall–Kier alpha value is -1.60. The van der Waals surface area contributed by atoms with Gasteiger partial charge in [-0.3, -0.25) is 4.31 Å². The largest absolute Gasteiger partial charge is 0.361 e. The van der Waals surface area contributed by atoms with E-state index in [4.69, 9.17) is 0 Å². The van der Waals surface area contributed by atoms with Crippen molar-refractivity contribution in [3.05, 3.63) is 29.6 Å². The zero-order chi connectivity index (χ0) is 17.0. The van der Waals surface area contributed by atoms with Crippen LogP contribution in [-0.4, -0.2) is 33.2 Å². The Morgan fingerprint density at radius 1 is 1.26 bits per heavy atom. The fourth-order valence-electron chi connectivity index (χ4n) is 1.99. The molecule has 1 heterocycles. The summed E-state index contributed by atoms with van der Waals surface area (Å²) in [5.74, 6) is 0.668. The normalized spacial score (nSPS) is 11.7. The van der Waals surface area contributed by atoms with Crippen molar-refractivity contribution in [2.75, 3.05) is 29.5 Å². The number of hydrogen-bond acceptors (Lipinski definition) is 5. The summed E-state index contributed by atoms with van der Waals surface area (Å²) in [4.78, 5) is 4.58. The number of sulfonamides is 1. The van der Waals surface area contributed by atoms with Crippen molar-refractivity contribution < 1.29 is 8.42 Å². The monoisotopic (exact) mass is 353 g/mol. The first-order valence-electron chi connectivity index (χ1n) is 7.51. The van der Waals surface area contributed by atoms with Crippen LogP contribution >= 0.6 is 11.3 Å². The van der Waals surface area contributed by atoms with Gasteiger partial charge >= 0.3 is 0 Å². The van der Waals surface area contributed by atoms with Crippen LogP contribution in [0.5, 0.6) is 0 Å². The van der Waals surface area contributed by atoms with Crippen molar-refractivity contribution >= 4 is 32.2 Å². The maximum absolute atomic E-state index is 11.5. The predicted molar refractivity (Wildman–Crippen MR) is 98.7 cm³/mol. The molecule has 0 amide bonds. The van der Waals surface area contributed by atoms with Gasteiger partial charge in [-0.05, 0) is 24.5 Å². The molecule has 23 heavy (non-hydrogen) atoms. The number of thiazole rings is 1. The third-order valence-electron chi connectivity index (χ3n) is 3.53. The molecule has 0 unspecified atom stereocenters. The summed E-state index contributed by atoms with van der Waals surface area (Å²) >= 11 is 1.58. The SMILES string of the molecule is CC(C)CCNc1nc(-c2ccc(N(C)S(C)(=O)=O)cc2)cs1. The third-order valence-corrected chi connectivity index (χ3v) is 5.53. The van der Waals surface area contributed by atoms with E-state index < -0.39 is 10.0 Å². The highest BCUT2D eigenvalue weighted by Gasteiger charge is 2.12. The maximum atomic E-state index is 11.5. The van der Waals surface area contributed by atoms with Crippen LogP contribution in [0.1, 0.15) is 20.3 Å². The fraction of sp³-hybridized carbons (Fsp3) is 0.438. The number of hydrogen-bond donors (Lipinski definition) is 1. The number of rotatable bonds is 7. The number of aromatic nitrogens is 1. The molecule has 0 aliphatic heterocycles. The lowest BCUT2D eigenvalue weighted by Gasteiger charge is -2.16. The van der Waals surface area contributed by atoms with Gasteiger partial charge in [0, 0.05) is 24.5 Å². The highest BCUT2D eigenvalue weighted by molar-refractivity contribution is 7.92. The smallest absolute Gasteiger partial charge is 0.231 e. The van der Waals surface area contributed by atoms with Gasteiger partial charge < -0.3 is 5.32 Å². The molecule has 5 nitrogen and oxygen atoms in total. The zero-order valence-electron chi connectivity index (χ0n) is 13.9. The predicted octanol–water partition coefficient (Wildman–Crippen LogP) is 3.66. The van der Waals surface area contributed by atoms with Crippen LogP contribution in [0.4, 0.5) is 10.8 Å². The molecular formula is C16H23N3O2S2. The van der Waals surface area contributed by atoms with Crippen molar-refractivity contribution in [1.82, 2.24) is 4.98 Å². The highest BCUT2D eigenvalue weighted by atomic mass is 32.2. The summed E-state index contributed by atoms with van der Waals surface area (Å²) in [6.07, 6.45) is 2.30. The molecule has 7 heteroatoms. The van der Waals surface area contributed by atoms with Crippen LogP contribution in [0.3, 0.4) is 0 Å². The van der Waals surface area contributed by atoms with Crippen LogP contribution in [0.15, 0.2) is 29.6 Å². The highest BCUT2D eigenvalue weighted by Crippen LogP contribution is 2.27. The molecule has 0 fully saturated rings. The van der Waals surface area contributed by atoms with Crippen LogP contribution in [-0.2, 0) is 10.0 Å². The van der Waals surface area contributed by atoms with Gasteiger partial charge in [0.05, 0.1) is 17.6 Å². The standard InChI is InChI=1S/C16H23N3O2S2/c1-12(2)9-10-17-16-18-15(11-22-16)13-5-7-14(8-6-13)19(3)23(4,20)21/h5-8,11-12H,9-10H2,1-4H3,(H,17,18). The molecule has 0 aliphatic carbocycles. The number of benzene rings is 1. The van der Waals surface area contributed by atoms with E-state index in [0.29, 0.717) is 11.6 Å².